The van der Waals surface area contributed by atoms with Crippen LogP contribution in [0.3, 0.4) is 0 Å². The van der Waals surface area contributed by atoms with Gasteiger partial charge in [-0.3, -0.25) is 4.98 Å². The molecule has 142 valence electrons. The molecule has 26 heavy (non-hydrogen) atoms. The monoisotopic (exact) mass is 369 g/mol. The molecule has 4 atom stereocenters. The molecule has 2 aromatic rings. The minimum atomic E-state index is -2.20. The van der Waals surface area contributed by atoms with Gasteiger partial charge in [0.2, 0.25) is 0 Å². The van der Waals surface area contributed by atoms with E-state index in [1.807, 2.05) is 24.3 Å². The Bertz CT molecular complexity index is 751. The minimum absolute atomic E-state index is 0.221. The van der Waals surface area contributed by atoms with E-state index in [1.165, 1.54) is 6.20 Å². The molecule has 10 heteroatoms. The molecule has 0 fully saturated rings. The Labute approximate surface area is 147 Å². The number of benzene rings is 1. The first-order valence-electron chi connectivity index (χ1n) is 7.33. The maximum atomic E-state index is 10.6. The standard InChI is InChI=1S/C10H7NO2.C6H12O7/c12-10(13)8-5-7-3-1-2-4-9(7)11-6-8;7-1-2(8)3(9)4(10)5(11)6(12)13/h1-6H,(H,12,13);2-5,7-11H,1H2,(H,12,13). The van der Waals surface area contributed by atoms with Crippen LogP contribution in [0.5, 0.6) is 0 Å². The molecule has 1 aromatic heterocycles. The highest BCUT2D eigenvalue weighted by molar-refractivity contribution is 5.92. The fourth-order valence-electron chi connectivity index (χ4n) is 1.86. The van der Waals surface area contributed by atoms with Gasteiger partial charge in [-0.15, -0.1) is 0 Å². The van der Waals surface area contributed by atoms with E-state index < -0.39 is 43.0 Å². The van der Waals surface area contributed by atoms with Crippen molar-refractivity contribution in [3.8, 4) is 0 Å². The highest BCUT2D eigenvalue weighted by atomic mass is 16.4. The number of rotatable bonds is 6. The van der Waals surface area contributed by atoms with Crippen molar-refractivity contribution in [3.05, 3.63) is 42.1 Å². The molecule has 4 unspecified atom stereocenters. The zero-order valence-corrected chi connectivity index (χ0v) is 13.4. The van der Waals surface area contributed by atoms with Crippen LogP contribution in [-0.4, -0.2) is 83.7 Å². The number of pyridine rings is 1. The molecule has 0 radical (unpaired) electrons. The van der Waals surface area contributed by atoms with Crippen molar-refractivity contribution in [2.75, 3.05) is 6.61 Å². The van der Waals surface area contributed by atoms with Crippen LogP contribution in [0.25, 0.3) is 10.9 Å². The van der Waals surface area contributed by atoms with Gasteiger partial charge < -0.3 is 35.7 Å². The zero-order valence-electron chi connectivity index (χ0n) is 13.4. The summed E-state index contributed by atoms with van der Waals surface area (Å²) in [5.74, 6) is -2.67. The summed E-state index contributed by atoms with van der Waals surface area (Å²) >= 11 is 0. The number of aliphatic carboxylic acids is 1. The molecule has 2 rings (SSSR count). The normalized spacial score (nSPS) is 15.3. The summed E-state index contributed by atoms with van der Waals surface area (Å²) in [4.78, 5) is 24.7. The predicted molar refractivity (Wildman–Crippen MR) is 87.5 cm³/mol. The third kappa shape index (κ3) is 5.72. The summed E-state index contributed by atoms with van der Waals surface area (Å²) in [7, 11) is 0. The Morgan fingerprint density at radius 1 is 1.00 bits per heavy atom. The van der Waals surface area contributed by atoms with Gasteiger partial charge in [-0.25, -0.2) is 9.59 Å². The third-order valence-corrected chi connectivity index (χ3v) is 3.35. The number of carbonyl (C=O) groups is 2. The van der Waals surface area contributed by atoms with Crippen LogP contribution < -0.4 is 0 Å². The molecule has 7 N–H and O–H groups in total. The average Bonchev–Trinajstić information content (AvgIpc) is 2.65. The van der Waals surface area contributed by atoms with Gasteiger partial charge in [0.1, 0.15) is 18.3 Å². The van der Waals surface area contributed by atoms with Crippen LogP contribution in [0.15, 0.2) is 36.5 Å². The third-order valence-electron chi connectivity index (χ3n) is 3.35. The number of aliphatic hydroxyl groups excluding tert-OH is 5. The van der Waals surface area contributed by atoms with E-state index in [0.29, 0.717) is 0 Å². The SMILES string of the molecule is O=C(O)C(O)C(O)C(O)C(O)CO.O=C(O)c1cnc2ccccc2c1. The molecule has 0 aliphatic carbocycles. The number of nitrogens with zero attached hydrogens (tertiary/aromatic N) is 1. The van der Waals surface area contributed by atoms with Crippen molar-refractivity contribution < 1.29 is 45.3 Å². The van der Waals surface area contributed by atoms with E-state index in [0.717, 1.165) is 10.9 Å². The molecule has 0 aliphatic rings. The molecular weight excluding hydrogens is 350 g/mol. The van der Waals surface area contributed by atoms with E-state index in [-0.39, 0.29) is 5.56 Å². The van der Waals surface area contributed by atoms with Gasteiger partial charge in [-0.1, -0.05) is 18.2 Å². The van der Waals surface area contributed by atoms with Crippen LogP contribution in [-0.2, 0) is 4.79 Å². The average molecular weight is 369 g/mol. The van der Waals surface area contributed by atoms with Gasteiger partial charge >= 0.3 is 11.9 Å². The summed E-state index contributed by atoms with van der Waals surface area (Å²) in [6.45, 7) is -0.843. The second-order valence-electron chi connectivity index (χ2n) is 5.24. The van der Waals surface area contributed by atoms with E-state index in [2.05, 4.69) is 4.98 Å². The van der Waals surface area contributed by atoms with Gasteiger partial charge in [0.05, 0.1) is 17.7 Å². The minimum Gasteiger partial charge on any atom is -0.479 e. The van der Waals surface area contributed by atoms with Crippen LogP contribution in [0.1, 0.15) is 10.4 Å². The van der Waals surface area contributed by atoms with Gasteiger partial charge in [0, 0.05) is 11.6 Å². The fraction of sp³-hybridized carbons (Fsp3) is 0.312. The molecule has 1 aromatic carbocycles. The molecule has 1 heterocycles. The maximum absolute atomic E-state index is 10.6. The first kappa shape index (κ1) is 21.4. The topological polar surface area (TPSA) is 189 Å². The summed E-state index contributed by atoms with van der Waals surface area (Å²) < 4.78 is 0. The van der Waals surface area contributed by atoms with Crippen molar-refractivity contribution in [2.45, 2.75) is 24.4 Å². The quantitative estimate of drug-likeness (QED) is 0.313. The number of carboxylic acid groups (broad SMARTS) is 2. The summed E-state index contributed by atoms with van der Waals surface area (Å²) in [6.07, 6.45) is -6.47. The maximum Gasteiger partial charge on any atom is 0.337 e. The smallest absolute Gasteiger partial charge is 0.337 e. The number of aromatic carboxylic acids is 1. The molecule has 0 bridgehead atoms. The highest BCUT2D eigenvalue weighted by Gasteiger charge is 2.33. The van der Waals surface area contributed by atoms with Crippen molar-refractivity contribution in [3.63, 3.8) is 0 Å². The van der Waals surface area contributed by atoms with Gasteiger partial charge in [-0.05, 0) is 12.1 Å². The first-order chi connectivity index (χ1) is 12.2. The van der Waals surface area contributed by atoms with Crippen molar-refractivity contribution in [2.24, 2.45) is 0 Å². The molecule has 0 saturated heterocycles. The van der Waals surface area contributed by atoms with E-state index in [4.69, 9.17) is 35.7 Å². The molecule has 0 amide bonds. The number of hydrogen-bond donors (Lipinski definition) is 7. The highest BCUT2D eigenvalue weighted by Crippen LogP contribution is 2.12. The van der Waals surface area contributed by atoms with E-state index in [9.17, 15) is 9.59 Å². The van der Waals surface area contributed by atoms with E-state index in [1.54, 1.807) is 6.07 Å². The Morgan fingerprint density at radius 3 is 2.15 bits per heavy atom. The van der Waals surface area contributed by atoms with Crippen LogP contribution in [0.2, 0.25) is 0 Å². The van der Waals surface area contributed by atoms with Crippen molar-refractivity contribution >= 4 is 22.8 Å². The van der Waals surface area contributed by atoms with Gasteiger partial charge in [0.15, 0.2) is 6.10 Å². The second-order valence-corrected chi connectivity index (χ2v) is 5.24. The van der Waals surface area contributed by atoms with Gasteiger partial charge in [0.25, 0.3) is 0 Å². The molecule has 0 aliphatic heterocycles. The van der Waals surface area contributed by atoms with Crippen molar-refractivity contribution in [1.29, 1.82) is 0 Å². The summed E-state index contributed by atoms with van der Waals surface area (Å²) in [6, 6.07) is 9.03. The lowest BCUT2D eigenvalue weighted by molar-refractivity contribution is -0.164. The van der Waals surface area contributed by atoms with E-state index >= 15 is 0 Å². The summed E-state index contributed by atoms with van der Waals surface area (Å²) in [5.41, 5.74) is 1.03. The van der Waals surface area contributed by atoms with Crippen LogP contribution in [0.4, 0.5) is 0 Å². The molecule has 10 nitrogen and oxygen atoms in total. The predicted octanol–water partition coefficient (Wildman–Crippen LogP) is -1.56. The zero-order chi connectivity index (χ0) is 19.9. The number of fused-ring (bicyclic) bond motifs is 1. The van der Waals surface area contributed by atoms with Crippen LogP contribution in [0, 0.1) is 0 Å². The Balaban J connectivity index is 0.000000260. The molecule has 0 saturated carbocycles. The van der Waals surface area contributed by atoms with Gasteiger partial charge in [-0.2, -0.15) is 0 Å². The van der Waals surface area contributed by atoms with Crippen molar-refractivity contribution in [1.82, 2.24) is 4.98 Å². The molecule has 0 spiro atoms. The largest absolute Gasteiger partial charge is 0.479 e. The number of hydrogen-bond acceptors (Lipinski definition) is 8. The number of aliphatic hydroxyl groups is 5. The first-order valence-corrected chi connectivity index (χ1v) is 7.33. The molecular formula is C16H19NO9. The summed E-state index contributed by atoms with van der Waals surface area (Å²) in [5, 5.41) is 61.4. The fourth-order valence-corrected chi connectivity index (χ4v) is 1.86. The Kier molecular flexibility index (Phi) is 8.03. The number of aromatic nitrogens is 1. The lowest BCUT2D eigenvalue weighted by Crippen LogP contribution is -2.48. The second kappa shape index (κ2) is 9.75. The Morgan fingerprint density at radius 2 is 1.62 bits per heavy atom. The lowest BCUT2D eigenvalue weighted by Gasteiger charge is -2.23. The number of carboxylic acids is 2. The van der Waals surface area contributed by atoms with Crippen LogP contribution >= 0.6 is 0 Å². The Hall–Kier alpha value is -2.63. The lowest BCUT2D eigenvalue weighted by atomic mass is 10.0. The number of para-hydroxylation sites is 1.